The number of nitrogens with zero attached hydrogens (tertiary/aromatic N) is 1. The molecule has 264 valence electrons. The zero-order valence-electron chi connectivity index (χ0n) is 37.2. The van der Waals surface area contributed by atoms with Crippen LogP contribution in [0.1, 0.15) is 9.60 Å². The molecule has 1 heterocycles. The Labute approximate surface area is 337 Å². The molecule has 2 nitrogen and oxygen atoms in total. The van der Waals surface area contributed by atoms with E-state index >= 15 is 0 Å². The third-order valence-electron chi connectivity index (χ3n) is 10.2. The van der Waals surface area contributed by atoms with Gasteiger partial charge in [-0.15, -0.1) is 0 Å². The van der Waals surface area contributed by atoms with Gasteiger partial charge in [-0.2, -0.15) is 0 Å². The van der Waals surface area contributed by atoms with Crippen LogP contribution in [-0.2, 0) is 0 Å². The van der Waals surface area contributed by atoms with Crippen LogP contribution in [-0.4, -0.2) is 0 Å². The zero-order valence-corrected chi connectivity index (χ0v) is 30.2. The van der Waals surface area contributed by atoms with E-state index in [0.717, 1.165) is 61.6 Å². The summed E-state index contributed by atoms with van der Waals surface area (Å²) in [4.78, 5) is 2.19. The molecule has 0 aliphatic heterocycles. The van der Waals surface area contributed by atoms with Crippen LogP contribution in [0, 0.1) is 0 Å². The lowest BCUT2D eigenvalue weighted by molar-refractivity contribution is 0.670. The molecule has 2 heteroatoms. The van der Waals surface area contributed by atoms with Gasteiger partial charge in [-0.25, -0.2) is 0 Å². The molecule has 0 unspecified atom stereocenters. The summed E-state index contributed by atoms with van der Waals surface area (Å²) in [6.45, 7) is 0. The van der Waals surface area contributed by atoms with E-state index in [2.05, 4.69) is 120 Å². The summed E-state index contributed by atoms with van der Waals surface area (Å²) < 4.78 is 66.4. The van der Waals surface area contributed by atoms with Gasteiger partial charge in [0.1, 0.15) is 11.2 Å². The molecule has 0 saturated heterocycles. The summed E-state index contributed by atoms with van der Waals surface area (Å²) in [5.41, 5.74) is 12.2. The molecule has 0 saturated carbocycles. The van der Waals surface area contributed by atoms with Crippen molar-refractivity contribution in [1.29, 1.82) is 0 Å². The second kappa shape index (κ2) is 14.4. The summed E-state index contributed by atoms with van der Waals surface area (Å²) in [7, 11) is 0. The minimum absolute atomic E-state index is 0.0305. The van der Waals surface area contributed by atoms with Crippen LogP contribution in [0.2, 0.25) is 0 Å². The molecule has 9 aromatic carbocycles. The molecule has 0 bridgehead atoms. The van der Waals surface area contributed by atoms with Crippen molar-refractivity contribution in [3.63, 3.8) is 0 Å². The van der Waals surface area contributed by atoms with E-state index in [4.69, 9.17) is 14.0 Å². The van der Waals surface area contributed by atoms with Crippen molar-refractivity contribution in [1.82, 2.24) is 0 Å². The minimum atomic E-state index is -0.456. The van der Waals surface area contributed by atoms with E-state index in [1.54, 1.807) is 0 Å². The maximum atomic E-state index is 9.01. The van der Waals surface area contributed by atoms with Crippen LogP contribution in [0.15, 0.2) is 229 Å². The third kappa shape index (κ3) is 6.14. The van der Waals surface area contributed by atoms with Crippen molar-refractivity contribution in [2.24, 2.45) is 0 Å². The van der Waals surface area contributed by atoms with E-state index in [-0.39, 0.29) is 57.7 Å². The van der Waals surface area contributed by atoms with Gasteiger partial charge in [0.25, 0.3) is 0 Å². The second-order valence-corrected chi connectivity index (χ2v) is 13.6. The molecule has 10 aromatic rings. The average molecular weight is 723 g/mol. The molecule has 0 N–H and O–H groups in total. The normalized spacial score (nSPS) is 13.0. The van der Waals surface area contributed by atoms with E-state index < -0.39 is 12.1 Å². The molecule has 56 heavy (non-hydrogen) atoms. The predicted molar refractivity (Wildman–Crippen MR) is 236 cm³/mol. The number of rotatable bonds is 8. The molecule has 0 aliphatic carbocycles. The SMILES string of the molecule is [2H]c1c([2H])c([2H])c2c(oc3c(-c4ccc(N(c5ccc(-c6ccc(-c7ccccc7)c(-c7ccccc7)c6)cc5)c5ccccc5-c5ccccc5)cc4)c([2H])c([2H])c([2H])c32)c1[2H]. The number of hydrogen-bond acceptors (Lipinski definition) is 2. The standard InChI is InChI=1S/C54H37NO/c1-4-15-39(16-5-1)46-36-31-43(37-51(46)41-19-8-3-9-20-41)38-27-32-44(33-28-38)55(52-25-12-10-21-47(52)40-17-6-2-7-18-40)45-34-29-42(30-35-45)48-23-14-24-50-49-22-11-13-26-53(49)56-54(48)50/h1-37H/i11D,13D,14D,22D,23D,24D,26D. The number of hydrogen-bond donors (Lipinski definition) is 0. The Morgan fingerprint density at radius 1 is 0.357 bits per heavy atom. The Hall–Kier alpha value is -7.42. The smallest absolute Gasteiger partial charge is 0.143 e. The summed E-state index contributed by atoms with van der Waals surface area (Å²) in [6.07, 6.45) is 0. The minimum Gasteiger partial charge on any atom is -0.455 e. The zero-order chi connectivity index (χ0) is 43.4. The first-order chi connectivity index (χ1) is 30.7. The average Bonchev–Trinajstić information content (AvgIpc) is 3.74. The second-order valence-electron chi connectivity index (χ2n) is 13.6. The lowest BCUT2D eigenvalue weighted by Crippen LogP contribution is -2.11. The molecule has 10 rings (SSSR count). The van der Waals surface area contributed by atoms with Crippen molar-refractivity contribution < 1.29 is 14.0 Å². The Morgan fingerprint density at radius 2 is 0.875 bits per heavy atom. The van der Waals surface area contributed by atoms with Gasteiger partial charge in [-0.1, -0.05) is 182 Å². The van der Waals surface area contributed by atoms with Crippen LogP contribution in [0.3, 0.4) is 0 Å². The Balaban J connectivity index is 1.10. The topological polar surface area (TPSA) is 16.4 Å². The summed E-state index contributed by atoms with van der Waals surface area (Å²) in [6, 6.07) is 59.6. The number of fused-ring (bicyclic) bond motifs is 3. The van der Waals surface area contributed by atoms with Crippen molar-refractivity contribution >= 4 is 39.0 Å². The predicted octanol–water partition coefficient (Wildman–Crippen LogP) is 15.4. The van der Waals surface area contributed by atoms with Gasteiger partial charge in [0.05, 0.1) is 15.3 Å². The molecule has 1 aromatic heterocycles. The first-order valence-electron chi connectivity index (χ1n) is 22.0. The van der Waals surface area contributed by atoms with Crippen LogP contribution >= 0.6 is 0 Å². The van der Waals surface area contributed by atoms with Crippen LogP contribution in [0.5, 0.6) is 0 Å². The first kappa shape index (κ1) is 26.4. The number of anilines is 3. The Kier molecular flexibility index (Phi) is 6.80. The summed E-state index contributed by atoms with van der Waals surface area (Å²) >= 11 is 0. The molecular formula is C54H37NO. The Bertz CT molecular complexity index is 3340. The van der Waals surface area contributed by atoms with Crippen LogP contribution < -0.4 is 4.90 Å². The largest absolute Gasteiger partial charge is 0.455 e. The monoisotopic (exact) mass is 722 g/mol. The molecule has 0 amide bonds. The summed E-state index contributed by atoms with van der Waals surface area (Å²) in [5, 5.41) is 0.115. The van der Waals surface area contributed by atoms with Gasteiger partial charge in [0.2, 0.25) is 0 Å². The fraction of sp³-hybridized carbons (Fsp3) is 0. The van der Waals surface area contributed by atoms with E-state index in [0.29, 0.717) is 5.56 Å². The maximum Gasteiger partial charge on any atom is 0.143 e. The van der Waals surface area contributed by atoms with Gasteiger partial charge >= 0.3 is 0 Å². The highest BCUT2D eigenvalue weighted by atomic mass is 16.3. The van der Waals surface area contributed by atoms with Gasteiger partial charge < -0.3 is 9.32 Å². The van der Waals surface area contributed by atoms with Crippen molar-refractivity contribution in [2.75, 3.05) is 4.90 Å². The maximum absolute atomic E-state index is 9.01. The van der Waals surface area contributed by atoms with E-state index in [1.807, 2.05) is 66.7 Å². The summed E-state index contributed by atoms with van der Waals surface area (Å²) in [5.74, 6) is 0. The van der Waals surface area contributed by atoms with Crippen LogP contribution in [0.25, 0.3) is 77.6 Å². The Morgan fingerprint density at radius 3 is 1.55 bits per heavy atom. The van der Waals surface area contributed by atoms with Crippen LogP contribution in [0.4, 0.5) is 17.1 Å². The van der Waals surface area contributed by atoms with Gasteiger partial charge in [-0.3, -0.25) is 0 Å². The molecule has 0 radical (unpaired) electrons. The lowest BCUT2D eigenvalue weighted by atomic mass is 9.91. The molecule has 0 fully saturated rings. The first-order valence-corrected chi connectivity index (χ1v) is 18.5. The fourth-order valence-corrected chi connectivity index (χ4v) is 7.52. The number of benzene rings is 9. The number of para-hydroxylation sites is 3. The highest BCUT2D eigenvalue weighted by Crippen LogP contribution is 2.43. The highest BCUT2D eigenvalue weighted by Gasteiger charge is 2.19. The van der Waals surface area contributed by atoms with Gasteiger partial charge in [0, 0.05) is 33.3 Å². The third-order valence-corrected chi connectivity index (χ3v) is 10.2. The van der Waals surface area contributed by atoms with E-state index in [9.17, 15) is 0 Å². The van der Waals surface area contributed by atoms with Gasteiger partial charge in [0.15, 0.2) is 0 Å². The lowest BCUT2D eigenvalue weighted by Gasteiger charge is -2.28. The molecule has 0 aliphatic rings. The van der Waals surface area contributed by atoms with Gasteiger partial charge in [-0.05, 0) is 86.9 Å². The van der Waals surface area contributed by atoms with Crippen molar-refractivity contribution in [3.8, 4) is 55.6 Å². The quantitative estimate of drug-likeness (QED) is 0.155. The van der Waals surface area contributed by atoms with Crippen molar-refractivity contribution in [2.45, 2.75) is 0 Å². The molecule has 0 spiro atoms. The van der Waals surface area contributed by atoms with Crippen molar-refractivity contribution in [3.05, 3.63) is 224 Å². The number of furan rings is 1. The fourth-order valence-electron chi connectivity index (χ4n) is 7.52. The highest BCUT2D eigenvalue weighted by molar-refractivity contribution is 6.09. The van der Waals surface area contributed by atoms with E-state index in [1.165, 1.54) is 0 Å². The molecule has 0 atom stereocenters. The molecular weight excluding hydrogens is 679 g/mol.